The maximum Gasteiger partial charge on any atom is 0.224 e. The number of carbonyl (C=O) groups is 1. The van der Waals surface area contributed by atoms with Crippen molar-refractivity contribution in [1.29, 1.82) is 0 Å². The second kappa shape index (κ2) is 7.21. The van der Waals surface area contributed by atoms with Crippen molar-refractivity contribution in [2.75, 3.05) is 18.4 Å². The van der Waals surface area contributed by atoms with Gasteiger partial charge in [0.05, 0.1) is 18.8 Å². The molecule has 3 rings (SSSR count). The number of carbonyl (C=O) groups excluding carboxylic acids is 1. The molecule has 23 heavy (non-hydrogen) atoms. The molecule has 0 spiro atoms. The lowest BCUT2D eigenvalue weighted by Crippen LogP contribution is -2.38. The normalized spacial score (nSPS) is 17.4. The van der Waals surface area contributed by atoms with Crippen LogP contribution in [0.4, 0.5) is 5.95 Å². The Labute approximate surface area is 135 Å². The van der Waals surface area contributed by atoms with Gasteiger partial charge in [0.25, 0.3) is 0 Å². The first kappa shape index (κ1) is 15.5. The summed E-state index contributed by atoms with van der Waals surface area (Å²) in [6, 6.07) is 2.01. The van der Waals surface area contributed by atoms with Crippen molar-refractivity contribution >= 4 is 11.9 Å². The molecular formula is C16H22N6O. The Morgan fingerprint density at radius 3 is 2.96 bits per heavy atom. The van der Waals surface area contributed by atoms with E-state index in [4.69, 9.17) is 0 Å². The summed E-state index contributed by atoms with van der Waals surface area (Å²) in [7, 11) is 0. The molecule has 2 aromatic rings. The molecule has 2 aromatic heterocycles. The topological polar surface area (TPSA) is 75.9 Å². The number of aromatic nitrogens is 4. The van der Waals surface area contributed by atoms with E-state index in [0.29, 0.717) is 18.9 Å². The Bertz CT molecular complexity index is 641. The smallest absolute Gasteiger partial charge is 0.224 e. The fourth-order valence-electron chi connectivity index (χ4n) is 2.95. The van der Waals surface area contributed by atoms with Crippen molar-refractivity contribution in [1.82, 2.24) is 24.6 Å². The highest BCUT2D eigenvalue weighted by atomic mass is 16.2. The van der Waals surface area contributed by atoms with Crippen LogP contribution in [0.3, 0.4) is 0 Å². The Hall–Kier alpha value is -2.44. The van der Waals surface area contributed by atoms with Gasteiger partial charge < -0.3 is 10.2 Å². The minimum Gasteiger partial charge on any atom is -0.354 e. The van der Waals surface area contributed by atoms with Crippen molar-refractivity contribution in [2.24, 2.45) is 0 Å². The zero-order valence-electron chi connectivity index (χ0n) is 13.4. The Morgan fingerprint density at radius 1 is 1.39 bits per heavy atom. The highest BCUT2D eigenvalue weighted by Gasteiger charge is 2.28. The molecule has 1 unspecified atom stereocenters. The molecule has 0 aliphatic carbocycles. The molecule has 122 valence electrons. The summed E-state index contributed by atoms with van der Waals surface area (Å²) in [5.74, 6) is 0.741. The van der Waals surface area contributed by atoms with E-state index in [9.17, 15) is 4.79 Å². The lowest BCUT2D eigenvalue weighted by Gasteiger charge is -2.24. The summed E-state index contributed by atoms with van der Waals surface area (Å²) in [6.45, 7) is 4.19. The van der Waals surface area contributed by atoms with Crippen LogP contribution in [0.5, 0.6) is 0 Å². The molecule has 0 bridgehead atoms. The van der Waals surface area contributed by atoms with Gasteiger partial charge in [-0.15, -0.1) is 0 Å². The van der Waals surface area contributed by atoms with Crippen molar-refractivity contribution in [2.45, 2.75) is 38.8 Å². The van der Waals surface area contributed by atoms with Gasteiger partial charge in [-0.05, 0) is 31.4 Å². The van der Waals surface area contributed by atoms with Crippen LogP contribution in [0.15, 0.2) is 30.9 Å². The molecule has 3 heterocycles. The number of aryl methyl sites for hydroxylation is 1. The maximum absolute atomic E-state index is 12.5. The number of hydrogen-bond acceptors (Lipinski definition) is 5. The minimum absolute atomic E-state index is 0.180. The number of amides is 1. The van der Waals surface area contributed by atoms with Crippen LogP contribution in [-0.2, 0) is 11.3 Å². The summed E-state index contributed by atoms with van der Waals surface area (Å²) in [5, 5.41) is 7.40. The number of anilines is 1. The molecule has 1 aliphatic heterocycles. The molecule has 0 radical (unpaired) electrons. The van der Waals surface area contributed by atoms with E-state index in [1.807, 2.05) is 28.9 Å². The average Bonchev–Trinajstić information content (AvgIpc) is 3.18. The van der Waals surface area contributed by atoms with E-state index >= 15 is 0 Å². The zero-order valence-corrected chi connectivity index (χ0v) is 13.4. The SMILES string of the molecule is Cc1cnn(CC2CCCN2C(=O)CCNc2ncccn2)c1. The average molecular weight is 314 g/mol. The summed E-state index contributed by atoms with van der Waals surface area (Å²) in [5.41, 5.74) is 1.15. The number of nitrogens with zero attached hydrogens (tertiary/aromatic N) is 5. The summed E-state index contributed by atoms with van der Waals surface area (Å²) < 4.78 is 1.93. The first-order valence-electron chi connectivity index (χ1n) is 8.02. The minimum atomic E-state index is 0.180. The van der Waals surface area contributed by atoms with Gasteiger partial charge in [0.2, 0.25) is 11.9 Å². The standard InChI is InChI=1S/C16H22N6O/c1-13-10-20-21(11-13)12-14-4-2-9-22(14)15(23)5-8-19-16-17-6-3-7-18-16/h3,6-7,10-11,14H,2,4-5,8-9,12H2,1H3,(H,17,18,19). The number of hydrogen-bond donors (Lipinski definition) is 1. The van der Waals surface area contributed by atoms with Gasteiger partial charge in [0.1, 0.15) is 0 Å². The molecule has 1 amide bonds. The van der Waals surface area contributed by atoms with E-state index in [0.717, 1.165) is 31.5 Å². The molecule has 7 heteroatoms. The Kier molecular flexibility index (Phi) is 4.85. The van der Waals surface area contributed by atoms with Crippen LogP contribution in [0, 0.1) is 6.92 Å². The lowest BCUT2D eigenvalue weighted by atomic mass is 10.2. The van der Waals surface area contributed by atoms with Gasteiger partial charge in [0, 0.05) is 38.1 Å². The van der Waals surface area contributed by atoms with E-state index in [-0.39, 0.29) is 11.9 Å². The molecule has 1 fully saturated rings. The number of likely N-dealkylation sites (tertiary alicyclic amines) is 1. The van der Waals surface area contributed by atoms with Crippen molar-refractivity contribution in [3.63, 3.8) is 0 Å². The fourth-order valence-corrected chi connectivity index (χ4v) is 2.95. The zero-order chi connectivity index (χ0) is 16.1. The van der Waals surface area contributed by atoms with Crippen LogP contribution >= 0.6 is 0 Å². The van der Waals surface area contributed by atoms with Crippen LogP contribution < -0.4 is 5.32 Å². The highest BCUT2D eigenvalue weighted by molar-refractivity contribution is 5.77. The van der Waals surface area contributed by atoms with Gasteiger partial charge in [-0.25, -0.2) is 9.97 Å². The predicted octanol–water partition coefficient (Wildman–Crippen LogP) is 1.47. The van der Waals surface area contributed by atoms with E-state index < -0.39 is 0 Å². The highest BCUT2D eigenvalue weighted by Crippen LogP contribution is 2.20. The Balaban J connectivity index is 1.49. The van der Waals surface area contributed by atoms with Crippen LogP contribution in [0.25, 0.3) is 0 Å². The van der Waals surface area contributed by atoms with E-state index in [1.165, 1.54) is 0 Å². The molecule has 1 atom stereocenters. The lowest BCUT2D eigenvalue weighted by molar-refractivity contribution is -0.131. The van der Waals surface area contributed by atoms with Crippen LogP contribution in [0.1, 0.15) is 24.8 Å². The third kappa shape index (κ3) is 4.06. The second-order valence-corrected chi connectivity index (χ2v) is 5.87. The monoisotopic (exact) mass is 314 g/mol. The molecule has 7 nitrogen and oxygen atoms in total. The van der Waals surface area contributed by atoms with Crippen LogP contribution in [-0.4, -0.2) is 49.7 Å². The van der Waals surface area contributed by atoms with E-state index in [1.54, 1.807) is 18.5 Å². The van der Waals surface area contributed by atoms with Crippen molar-refractivity contribution in [3.8, 4) is 0 Å². The third-order valence-electron chi connectivity index (χ3n) is 4.05. The molecule has 0 aromatic carbocycles. The number of nitrogens with one attached hydrogen (secondary N) is 1. The predicted molar refractivity (Wildman–Crippen MR) is 86.8 cm³/mol. The van der Waals surface area contributed by atoms with Gasteiger partial charge in [-0.3, -0.25) is 9.48 Å². The van der Waals surface area contributed by atoms with Gasteiger partial charge in [-0.1, -0.05) is 0 Å². The largest absolute Gasteiger partial charge is 0.354 e. The quantitative estimate of drug-likeness (QED) is 0.874. The summed E-state index contributed by atoms with van der Waals surface area (Å²) in [6.07, 6.45) is 9.79. The summed E-state index contributed by atoms with van der Waals surface area (Å²) in [4.78, 5) is 22.6. The number of rotatable bonds is 6. The molecule has 1 N–H and O–H groups in total. The molecular weight excluding hydrogens is 292 g/mol. The maximum atomic E-state index is 12.5. The van der Waals surface area contributed by atoms with Crippen LogP contribution in [0.2, 0.25) is 0 Å². The van der Waals surface area contributed by atoms with E-state index in [2.05, 4.69) is 20.4 Å². The van der Waals surface area contributed by atoms with Gasteiger partial charge in [-0.2, -0.15) is 5.10 Å². The second-order valence-electron chi connectivity index (χ2n) is 5.87. The van der Waals surface area contributed by atoms with Crippen molar-refractivity contribution in [3.05, 3.63) is 36.4 Å². The summed E-state index contributed by atoms with van der Waals surface area (Å²) >= 11 is 0. The molecule has 0 saturated carbocycles. The van der Waals surface area contributed by atoms with Gasteiger partial charge in [0.15, 0.2) is 0 Å². The third-order valence-corrected chi connectivity index (χ3v) is 4.05. The Morgan fingerprint density at radius 2 is 2.22 bits per heavy atom. The van der Waals surface area contributed by atoms with Crippen molar-refractivity contribution < 1.29 is 4.79 Å². The molecule has 1 saturated heterocycles. The van der Waals surface area contributed by atoms with Gasteiger partial charge >= 0.3 is 0 Å². The first-order valence-corrected chi connectivity index (χ1v) is 8.02. The first-order chi connectivity index (χ1) is 11.2. The fraction of sp³-hybridized carbons (Fsp3) is 0.500. The molecule has 1 aliphatic rings.